The number of aromatic amines is 4. The van der Waals surface area contributed by atoms with E-state index in [4.69, 9.17) is 0 Å². The molecule has 0 radical (unpaired) electrons. The number of imidazole rings is 4. The zero-order valence-electron chi connectivity index (χ0n) is 69.1. The molecule has 30 heteroatoms. The number of rotatable bonds is 18. The van der Waals surface area contributed by atoms with Gasteiger partial charge in [0.2, 0.25) is 0 Å². The van der Waals surface area contributed by atoms with Crippen molar-refractivity contribution in [2.24, 2.45) is 0 Å². The van der Waals surface area contributed by atoms with Crippen molar-refractivity contribution in [2.75, 3.05) is 40.9 Å². The van der Waals surface area contributed by atoms with Crippen LogP contribution in [0.5, 0.6) is 0 Å². The predicted octanol–water partition coefficient (Wildman–Crippen LogP) is 16.2. The summed E-state index contributed by atoms with van der Waals surface area (Å²) < 4.78 is 7.64. The molecule has 8 N–H and O–H groups in total. The fourth-order valence-electron chi connectivity index (χ4n) is 17.0. The minimum Gasteiger partial charge on any atom is -0.360 e. The topological polar surface area (TPSA) is 357 Å². The van der Waals surface area contributed by atoms with Crippen LogP contribution < -0.4 is 43.5 Å². The van der Waals surface area contributed by atoms with E-state index < -0.39 is 0 Å². The first kappa shape index (κ1) is 81.8. The van der Waals surface area contributed by atoms with E-state index in [1.54, 1.807) is 29.9 Å². The van der Waals surface area contributed by atoms with Crippen LogP contribution >= 0.6 is 13.5 Å². The molecule has 1 aliphatic carbocycles. The van der Waals surface area contributed by atoms with Gasteiger partial charge in [-0.3, -0.25) is 23.7 Å². The van der Waals surface area contributed by atoms with Crippen LogP contribution in [0.1, 0.15) is 173 Å². The summed E-state index contributed by atoms with van der Waals surface area (Å²) in [5, 5.41) is 20.8. The third kappa shape index (κ3) is 16.5. The van der Waals surface area contributed by atoms with Crippen molar-refractivity contribution in [1.82, 2.24) is 103 Å². The highest BCUT2D eigenvalue weighted by atomic mass is 32.1. The van der Waals surface area contributed by atoms with Crippen LogP contribution in [-0.4, -0.2) is 123 Å². The molecule has 29 nitrogen and oxygen atoms in total. The number of nitrogens with zero attached hydrogens (tertiary/aromatic N) is 17. The maximum Gasteiger partial charge on any atom is 0.263 e. The zero-order chi connectivity index (χ0) is 82.7. The highest BCUT2D eigenvalue weighted by molar-refractivity contribution is 7.59. The minimum absolute atomic E-state index is 0. The number of benzene rings is 5. The summed E-state index contributed by atoms with van der Waals surface area (Å²) in [6.07, 6.45) is 20.6. The molecule has 1 saturated carbocycles. The molecule has 120 heavy (non-hydrogen) atoms. The van der Waals surface area contributed by atoms with Gasteiger partial charge in [-0.25, -0.2) is 59.8 Å². The number of aryl methyl sites for hydroxylation is 5. The molecular formula is C90H99N25O4S. The summed E-state index contributed by atoms with van der Waals surface area (Å²) in [4.78, 5) is 120. The Kier molecular flexibility index (Phi) is 24.2. The van der Waals surface area contributed by atoms with Gasteiger partial charge < -0.3 is 59.8 Å². The smallest absolute Gasteiger partial charge is 0.263 e. The average Bonchev–Trinajstić information content (AvgIpc) is 1.47. The van der Waals surface area contributed by atoms with Gasteiger partial charge in [-0.15, -0.1) is 0 Å². The average molecular weight is 1630 g/mol. The van der Waals surface area contributed by atoms with E-state index in [9.17, 15) is 19.2 Å². The predicted molar refractivity (Wildman–Crippen MR) is 481 cm³/mol. The fourth-order valence-corrected chi connectivity index (χ4v) is 17.0. The number of nitrogens with one attached hydrogen (secondary N) is 8. The first-order chi connectivity index (χ1) is 57.7. The number of anilines is 4. The Morgan fingerprint density at radius 3 is 1.20 bits per heavy atom. The van der Waals surface area contributed by atoms with E-state index in [2.05, 4.69) is 144 Å². The van der Waals surface area contributed by atoms with Crippen LogP contribution in [0.3, 0.4) is 0 Å². The molecule has 19 rings (SSSR count). The molecule has 614 valence electrons. The van der Waals surface area contributed by atoms with E-state index in [-0.39, 0.29) is 72.0 Å². The lowest BCUT2D eigenvalue weighted by Crippen LogP contribution is -2.36. The van der Waals surface area contributed by atoms with E-state index in [0.717, 1.165) is 154 Å². The molecule has 12 aromatic heterocycles. The van der Waals surface area contributed by atoms with Gasteiger partial charge in [0.05, 0.1) is 71.0 Å². The van der Waals surface area contributed by atoms with Crippen molar-refractivity contribution in [3.63, 3.8) is 0 Å². The number of aromatic nitrogens is 20. The number of hydrogen-bond acceptors (Lipinski definition) is 21. The number of piperidine rings is 1. The second kappa shape index (κ2) is 35.5. The van der Waals surface area contributed by atoms with Crippen LogP contribution in [0.25, 0.3) is 93.4 Å². The Morgan fingerprint density at radius 2 is 0.758 bits per heavy atom. The fraction of sp³-hybridized carbons (Fsp3) is 0.311. The lowest BCUT2D eigenvalue weighted by atomic mass is 10.0. The first-order valence-electron chi connectivity index (χ1n) is 40.7. The molecule has 1 saturated heterocycles. The molecule has 2 aliphatic rings. The highest BCUT2D eigenvalue weighted by Gasteiger charge is 2.28. The van der Waals surface area contributed by atoms with Crippen molar-refractivity contribution in [2.45, 2.75) is 164 Å². The van der Waals surface area contributed by atoms with Gasteiger partial charge in [0.25, 0.3) is 22.2 Å². The molecule has 5 aromatic carbocycles. The van der Waals surface area contributed by atoms with E-state index in [0.29, 0.717) is 52.4 Å². The van der Waals surface area contributed by atoms with Crippen LogP contribution in [-0.2, 0) is 6.54 Å². The summed E-state index contributed by atoms with van der Waals surface area (Å²) in [5.74, 6) is 2.67. The van der Waals surface area contributed by atoms with Crippen molar-refractivity contribution in [3.8, 4) is 5.69 Å². The Hall–Kier alpha value is -13.4. The summed E-state index contributed by atoms with van der Waals surface area (Å²) in [6.45, 7) is 26.0. The summed E-state index contributed by atoms with van der Waals surface area (Å²) in [7, 11) is 0. The van der Waals surface area contributed by atoms with Crippen molar-refractivity contribution >= 4 is 125 Å². The van der Waals surface area contributed by atoms with Gasteiger partial charge >= 0.3 is 0 Å². The van der Waals surface area contributed by atoms with Gasteiger partial charge in [-0.2, -0.15) is 13.5 Å². The van der Waals surface area contributed by atoms with Crippen molar-refractivity contribution < 1.29 is 0 Å². The van der Waals surface area contributed by atoms with Crippen LogP contribution in [0.15, 0.2) is 191 Å². The SMILES string of the molecule is Cc1cccc(-n2c(C(C)Nc3ncnc4nc[nH]c34)cc3cccc(C)c3c2=O)c1.Cc1cccc2cc(C(C)Nc3ncnc4nc[nH]c34)n(C3CCCC3)c(=O)c12.Cc1cccc2cc(C(C)Nc3ncnc4nc[nH]c34)n(CCN3CCCCC3)c(=O)c12.Cc1cccc2cc([C@H](C)Nc3ncnc4nc[nH]c34)n(C(C)C)c(=O)c12.S. The Morgan fingerprint density at radius 1 is 0.383 bits per heavy atom. The van der Waals surface area contributed by atoms with Crippen LogP contribution in [0.2, 0.25) is 0 Å². The summed E-state index contributed by atoms with van der Waals surface area (Å²) in [5.41, 5.74) is 15.3. The minimum atomic E-state index is -0.209. The molecule has 0 amide bonds. The molecule has 1 aliphatic heterocycles. The maximum atomic E-state index is 13.7. The normalized spacial score (nSPS) is 14.2. The van der Waals surface area contributed by atoms with Crippen molar-refractivity contribution in [3.05, 3.63) is 264 Å². The molecule has 0 spiro atoms. The number of H-pyrrole nitrogens is 4. The number of fused-ring (bicyclic) bond motifs is 8. The van der Waals surface area contributed by atoms with Crippen molar-refractivity contribution in [1.29, 1.82) is 0 Å². The molecular weight excluding hydrogens is 1530 g/mol. The quantitative estimate of drug-likeness (QED) is 0.0395. The van der Waals surface area contributed by atoms with E-state index >= 15 is 0 Å². The Balaban J connectivity index is 0.000000125. The zero-order valence-corrected chi connectivity index (χ0v) is 70.1. The highest BCUT2D eigenvalue weighted by Crippen LogP contribution is 2.36. The lowest BCUT2D eigenvalue weighted by molar-refractivity contribution is 0.219. The standard InChI is InChI=1S/C24H29N7O.C24H22N6O.C22H24N6O.C20H22N6O.H2S/c1-16-7-6-8-18-13-19(17(2)29-23-21-22(26-14-25-21)27-15-28-23)31(24(32)20(16)18)12-11-30-9-4-3-5-10-30;1-14-6-4-9-18(10-14)30-19(11-17-8-5-7-15(2)20(17)24(30)31)16(3)29-23-21-22(26-12-25-21)27-13-28-23;1-13-6-5-7-15-10-17(28(22(29)18(13)15)16-8-3-4-9-16)14(2)27-21-19-20(24-11-23-19)25-12-26-21;1-11(2)26-15(8-14-7-5-6-12(3)16(14)20(26)27)13(4)25-19-17-18(22-9-21-17)23-10-24-19;/h6-8,13-15,17H,3-5,9-12H2,1-2H3,(H2,25,26,27,28,29);4-13,16H,1-3H3,(H2,25,26,27,28,29);5-7,10-12,14,16H,3-4,8-9H2,1-2H3,(H2,23,24,25,26,27);5-11,13H,1-4H3,(H2,21,22,23,24,25);1H2/t;;;13-;/m...0./s1. The molecule has 4 atom stereocenters. The van der Waals surface area contributed by atoms with Crippen LogP contribution in [0, 0.1) is 34.6 Å². The number of hydrogen-bond donors (Lipinski definition) is 8. The van der Waals surface area contributed by atoms with E-state index in [1.165, 1.54) is 57.4 Å². The van der Waals surface area contributed by atoms with Gasteiger partial charge in [0.15, 0.2) is 45.9 Å². The van der Waals surface area contributed by atoms with E-state index in [1.807, 2.05) is 173 Å². The molecule has 13 heterocycles. The summed E-state index contributed by atoms with van der Waals surface area (Å²) >= 11 is 0. The molecule has 2 fully saturated rings. The number of likely N-dealkylation sites (tertiary alicyclic amines) is 1. The monoisotopic (exact) mass is 1630 g/mol. The second-order valence-corrected chi connectivity index (χ2v) is 31.4. The lowest BCUT2D eigenvalue weighted by Gasteiger charge is -2.28. The van der Waals surface area contributed by atoms with Gasteiger partial charge in [-0.1, -0.05) is 104 Å². The maximum absolute atomic E-state index is 13.7. The largest absolute Gasteiger partial charge is 0.360 e. The Bertz CT molecular complexity index is 6870. The van der Waals surface area contributed by atoms with Crippen LogP contribution in [0.4, 0.5) is 23.3 Å². The molecule has 3 unspecified atom stereocenters. The first-order valence-corrected chi connectivity index (χ1v) is 40.7. The molecule has 0 bridgehead atoms. The summed E-state index contributed by atoms with van der Waals surface area (Å²) in [6, 6.07) is 40.2. The van der Waals surface area contributed by atoms with Gasteiger partial charge in [0.1, 0.15) is 47.4 Å². The third-order valence-electron chi connectivity index (χ3n) is 22.9. The second-order valence-electron chi connectivity index (χ2n) is 31.4. The van der Waals surface area contributed by atoms with Gasteiger partial charge in [0, 0.05) is 53.6 Å². The number of pyridine rings is 4. The third-order valence-corrected chi connectivity index (χ3v) is 22.9. The van der Waals surface area contributed by atoms with Gasteiger partial charge in [-0.05, 0) is 201 Å². The Labute approximate surface area is 698 Å². The molecule has 17 aromatic rings.